The van der Waals surface area contributed by atoms with E-state index in [1.54, 1.807) is 18.4 Å². The first-order chi connectivity index (χ1) is 11.6. The van der Waals surface area contributed by atoms with Crippen LogP contribution in [0.1, 0.15) is 22.7 Å². The Morgan fingerprint density at radius 2 is 2.04 bits per heavy atom. The maximum Gasteiger partial charge on any atom is 0.190 e. The van der Waals surface area contributed by atoms with Gasteiger partial charge < -0.3 is 10.6 Å². The maximum absolute atomic E-state index is 13.7. The molecule has 0 fully saturated rings. The van der Waals surface area contributed by atoms with Crippen molar-refractivity contribution < 1.29 is 4.39 Å². The van der Waals surface area contributed by atoms with Gasteiger partial charge in [-0.05, 0) is 37.5 Å². The third-order valence-corrected chi connectivity index (χ3v) is 4.81. The van der Waals surface area contributed by atoms with Crippen molar-refractivity contribution in [2.45, 2.75) is 26.2 Å². The van der Waals surface area contributed by atoms with Crippen LogP contribution in [0.5, 0.6) is 0 Å². The van der Waals surface area contributed by atoms with Crippen LogP contribution in [-0.2, 0) is 12.8 Å². The van der Waals surface area contributed by atoms with E-state index in [0.717, 1.165) is 52.6 Å². The summed E-state index contributed by atoms with van der Waals surface area (Å²) in [5, 5.41) is 9.69. The minimum Gasteiger partial charge on any atom is -0.356 e. The summed E-state index contributed by atoms with van der Waals surface area (Å²) in [5.41, 5.74) is 1.84. The van der Waals surface area contributed by atoms with Gasteiger partial charge in [-0.25, -0.2) is 9.37 Å². The molecule has 0 radical (unpaired) electrons. The van der Waals surface area contributed by atoms with Crippen LogP contribution in [-0.4, -0.2) is 31.1 Å². The smallest absolute Gasteiger partial charge is 0.190 e. The number of aliphatic imine (C=N–C) groups is 1. The number of nitrogens with zero attached hydrogens (tertiary/aromatic N) is 2. The fourth-order valence-electron chi connectivity index (χ4n) is 2.26. The van der Waals surface area contributed by atoms with Crippen molar-refractivity contribution in [3.8, 4) is 0 Å². The Morgan fingerprint density at radius 1 is 1.28 bits per heavy atom. The molecular weight excluding hydrogens is 518 g/mol. The van der Waals surface area contributed by atoms with Gasteiger partial charge in [0, 0.05) is 36.4 Å². The highest BCUT2D eigenvalue weighted by atomic mass is 127. The fourth-order valence-corrected chi connectivity index (χ4v) is 3.24. The third kappa shape index (κ3) is 8.00. The molecule has 2 N–H and O–H groups in total. The van der Waals surface area contributed by atoms with E-state index in [9.17, 15) is 4.39 Å². The van der Waals surface area contributed by atoms with Gasteiger partial charge in [0.1, 0.15) is 5.82 Å². The molecule has 1 aromatic carbocycles. The first-order valence-electron chi connectivity index (χ1n) is 7.88. The molecule has 1 aromatic heterocycles. The molecule has 138 valence electrons. The normalized spacial score (nSPS) is 11.1. The number of nitrogens with one attached hydrogen (secondary N) is 2. The number of rotatable bonds is 7. The van der Waals surface area contributed by atoms with Gasteiger partial charge in [0.15, 0.2) is 5.96 Å². The molecule has 0 atom stereocenters. The molecule has 2 aromatic rings. The summed E-state index contributed by atoms with van der Waals surface area (Å²) in [6, 6.07) is 5.19. The van der Waals surface area contributed by atoms with Crippen LogP contribution in [0.4, 0.5) is 4.39 Å². The summed E-state index contributed by atoms with van der Waals surface area (Å²) in [4.78, 5) is 8.63. The molecule has 0 aliphatic heterocycles. The topological polar surface area (TPSA) is 49.3 Å². The van der Waals surface area contributed by atoms with E-state index >= 15 is 0 Å². The molecule has 0 saturated carbocycles. The second kappa shape index (κ2) is 11.8. The average Bonchev–Trinajstić information content (AvgIpc) is 2.96. The summed E-state index contributed by atoms with van der Waals surface area (Å²) in [7, 11) is 1.75. The zero-order chi connectivity index (χ0) is 17.4. The molecule has 0 saturated heterocycles. The van der Waals surface area contributed by atoms with Gasteiger partial charge in [-0.2, -0.15) is 0 Å². The lowest BCUT2D eigenvalue weighted by atomic mass is 10.1. The highest BCUT2D eigenvalue weighted by Crippen LogP contribution is 2.16. The van der Waals surface area contributed by atoms with Gasteiger partial charge in [-0.3, -0.25) is 4.99 Å². The largest absolute Gasteiger partial charge is 0.356 e. The Bertz CT molecular complexity index is 693. The van der Waals surface area contributed by atoms with Crippen LogP contribution >= 0.6 is 51.2 Å². The zero-order valence-electron chi connectivity index (χ0n) is 14.3. The molecule has 0 aliphatic carbocycles. The quantitative estimate of drug-likeness (QED) is 0.238. The Hall–Kier alpha value is -0.740. The molecule has 25 heavy (non-hydrogen) atoms. The summed E-state index contributed by atoms with van der Waals surface area (Å²) in [6.07, 6.45) is 2.40. The van der Waals surface area contributed by atoms with E-state index in [-0.39, 0.29) is 29.8 Å². The molecule has 8 heteroatoms. The number of halogens is 3. The van der Waals surface area contributed by atoms with Crippen molar-refractivity contribution in [2.24, 2.45) is 4.99 Å². The molecule has 0 aliphatic rings. The van der Waals surface area contributed by atoms with Gasteiger partial charge >= 0.3 is 0 Å². The Balaban J connectivity index is 0.00000312. The predicted octanol–water partition coefficient (Wildman–Crippen LogP) is 4.31. The molecule has 1 heterocycles. The van der Waals surface area contributed by atoms with Crippen LogP contribution in [0.15, 0.2) is 33.0 Å². The Labute approximate surface area is 177 Å². The number of aryl methyl sites for hydroxylation is 2. The Kier molecular flexibility index (Phi) is 10.5. The van der Waals surface area contributed by atoms with E-state index in [1.807, 2.05) is 19.1 Å². The third-order valence-electron chi connectivity index (χ3n) is 3.49. The van der Waals surface area contributed by atoms with Crippen LogP contribution in [0.2, 0.25) is 0 Å². The number of hydrogen-bond acceptors (Lipinski definition) is 3. The first kappa shape index (κ1) is 22.3. The number of aromatic nitrogens is 1. The van der Waals surface area contributed by atoms with Crippen LogP contribution < -0.4 is 10.6 Å². The summed E-state index contributed by atoms with van der Waals surface area (Å²) >= 11 is 4.94. The average molecular weight is 541 g/mol. The second-order valence-electron chi connectivity index (χ2n) is 5.37. The van der Waals surface area contributed by atoms with E-state index in [1.165, 1.54) is 6.07 Å². The molecule has 4 nitrogen and oxygen atoms in total. The van der Waals surface area contributed by atoms with E-state index in [4.69, 9.17) is 0 Å². The van der Waals surface area contributed by atoms with Crippen LogP contribution in [0.3, 0.4) is 0 Å². The van der Waals surface area contributed by atoms with Crippen molar-refractivity contribution in [3.05, 3.63) is 50.1 Å². The number of hydrogen-bond donors (Lipinski definition) is 2. The highest BCUT2D eigenvalue weighted by Gasteiger charge is 2.04. The monoisotopic (exact) mass is 540 g/mol. The minimum atomic E-state index is -0.162. The summed E-state index contributed by atoms with van der Waals surface area (Å²) in [5.74, 6) is 0.601. The van der Waals surface area contributed by atoms with E-state index in [2.05, 4.69) is 41.9 Å². The van der Waals surface area contributed by atoms with E-state index in [0.29, 0.717) is 6.42 Å². The maximum atomic E-state index is 13.7. The SMILES string of the molecule is CN=C(NCCCc1ccc(Br)cc1F)NCCc1csc(C)n1.I. The lowest BCUT2D eigenvalue weighted by Gasteiger charge is -2.11. The van der Waals surface area contributed by atoms with Crippen molar-refractivity contribution in [1.82, 2.24) is 15.6 Å². The molecule has 0 spiro atoms. The van der Waals surface area contributed by atoms with Gasteiger partial charge in [0.05, 0.1) is 10.7 Å². The highest BCUT2D eigenvalue weighted by molar-refractivity contribution is 14.0. The molecule has 0 unspecified atom stereocenters. The summed E-state index contributed by atoms with van der Waals surface area (Å²) in [6.45, 7) is 3.53. The molecular formula is C17H23BrFIN4S. The van der Waals surface area contributed by atoms with Crippen LogP contribution in [0, 0.1) is 12.7 Å². The van der Waals surface area contributed by atoms with Gasteiger partial charge in [0.2, 0.25) is 0 Å². The lowest BCUT2D eigenvalue weighted by molar-refractivity contribution is 0.602. The van der Waals surface area contributed by atoms with Crippen molar-refractivity contribution in [1.29, 1.82) is 0 Å². The Morgan fingerprint density at radius 3 is 2.68 bits per heavy atom. The molecule has 0 amide bonds. The van der Waals surface area contributed by atoms with Crippen molar-refractivity contribution >= 4 is 57.2 Å². The predicted molar refractivity (Wildman–Crippen MR) is 118 cm³/mol. The standard InChI is InChI=1S/C17H22BrFN4S.HI/c1-12-23-15(11-24-12)7-9-22-17(20-2)21-8-3-4-13-5-6-14(18)10-16(13)19;/h5-6,10-11H,3-4,7-9H2,1-2H3,(H2,20,21,22);1H. The number of benzene rings is 1. The first-order valence-corrected chi connectivity index (χ1v) is 9.55. The lowest BCUT2D eigenvalue weighted by Crippen LogP contribution is -2.38. The molecule has 2 rings (SSSR count). The van der Waals surface area contributed by atoms with E-state index < -0.39 is 0 Å². The van der Waals surface area contributed by atoms with Gasteiger partial charge in [0.25, 0.3) is 0 Å². The van der Waals surface area contributed by atoms with Crippen LogP contribution in [0.25, 0.3) is 0 Å². The van der Waals surface area contributed by atoms with Gasteiger partial charge in [-0.1, -0.05) is 22.0 Å². The van der Waals surface area contributed by atoms with Crippen molar-refractivity contribution in [2.75, 3.05) is 20.1 Å². The molecule has 0 bridgehead atoms. The minimum absolute atomic E-state index is 0. The van der Waals surface area contributed by atoms with Gasteiger partial charge in [-0.15, -0.1) is 35.3 Å². The fraction of sp³-hybridized carbons (Fsp3) is 0.412. The number of guanidine groups is 1. The summed E-state index contributed by atoms with van der Waals surface area (Å²) < 4.78 is 14.5. The zero-order valence-corrected chi connectivity index (χ0v) is 19.0. The van der Waals surface area contributed by atoms with Crippen molar-refractivity contribution in [3.63, 3.8) is 0 Å². The number of thiazole rings is 1. The second-order valence-corrected chi connectivity index (χ2v) is 7.35.